The van der Waals surface area contributed by atoms with Crippen LogP contribution in [-0.4, -0.2) is 24.0 Å². The lowest BCUT2D eigenvalue weighted by atomic mass is 10.2. The maximum Gasteiger partial charge on any atom is 0.274 e. The Bertz CT molecular complexity index is 849. The lowest BCUT2D eigenvalue weighted by Gasteiger charge is -2.18. The molecule has 0 spiro atoms. The third-order valence-electron chi connectivity index (χ3n) is 3.67. The second kappa shape index (κ2) is 8.43. The molecule has 0 aliphatic heterocycles. The first-order chi connectivity index (χ1) is 12.1. The number of rotatable bonds is 8. The number of hydrogen-bond donors (Lipinski definition) is 1. The molecule has 0 aliphatic rings. The van der Waals surface area contributed by atoms with Crippen molar-refractivity contribution in [3.05, 3.63) is 54.1 Å². The SMILES string of the molecule is CCOP(=O)(Cc1ccc(-c2nc3ccccc3s2)cc1)NCCCl. The standard InChI is InChI=1S/C18H20ClN2O2PS/c1-2-23-24(22,20-12-11-19)13-14-7-9-15(10-8-14)18-21-16-5-3-4-6-17(16)25-18/h3-10H,2,11-13H2,1H3,(H,20,22). The van der Waals surface area contributed by atoms with Crippen LogP contribution in [0, 0.1) is 0 Å². The number of benzene rings is 2. The van der Waals surface area contributed by atoms with Crippen molar-refractivity contribution < 1.29 is 9.09 Å². The van der Waals surface area contributed by atoms with E-state index in [0.717, 1.165) is 21.7 Å². The number of halogens is 1. The van der Waals surface area contributed by atoms with E-state index in [9.17, 15) is 4.57 Å². The summed E-state index contributed by atoms with van der Waals surface area (Å²) in [6.07, 6.45) is 0.345. The van der Waals surface area contributed by atoms with Gasteiger partial charge in [0, 0.05) is 18.0 Å². The summed E-state index contributed by atoms with van der Waals surface area (Å²) < 4.78 is 19.5. The maximum atomic E-state index is 12.8. The molecule has 0 radical (unpaired) electrons. The first kappa shape index (κ1) is 18.6. The molecule has 1 aromatic heterocycles. The van der Waals surface area contributed by atoms with Crippen molar-refractivity contribution in [1.82, 2.24) is 10.1 Å². The third kappa shape index (κ3) is 4.69. The smallest absolute Gasteiger partial charge is 0.274 e. The number of thiazole rings is 1. The van der Waals surface area contributed by atoms with Gasteiger partial charge in [-0.15, -0.1) is 22.9 Å². The summed E-state index contributed by atoms with van der Waals surface area (Å²) in [5.74, 6) is 0.396. The van der Waals surface area contributed by atoms with Gasteiger partial charge in [0.25, 0.3) is 7.52 Å². The molecule has 4 nitrogen and oxygen atoms in total. The van der Waals surface area contributed by atoms with Gasteiger partial charge in [-0.25, -0.2) is 10.1 Å². The van der Waals surface area contributed by atoms with Crippen molar-refractivity contribution >= 4 is 40.7 Å². The third-order valence-corrected chi connectivity index (χ3v) is 7.11. The second-order valence-electron chi connectivity index (χ2n) is 5.53. The van der Waals surface area contributed by atoms with Gasteiger partial charge in [0.2, 0.25) is 0 Å². The Labute approximate surface area is 156 Å². The lowest BCUT2D eigenvalue weighted by molar-refractivity contribution is 0.324. The second-order valence-corrected chi connectivity index (χ2v) is 9.18. The van der Waals surface area contributed by atoms with E-state index in [1.807, 2.05) is 49.4 Å². The van der Waals surface area contributed by atoms with Crippen LogP contribution >= 0.6 is 30.5 Å². The first-order valence-corrected chi connectivity index (χ1v) is 11.3. The molecule has 0 saturated carbocycles. The van der Waals surface area contributed by atoms with E-state index in [1.165, 1.54) is 4.70 Å². The minimum atomic E-state index is -2.92. The number of nitrogens with zero attached hydrogens (tertiary/aromatic N) is 1. The van der Waals surface area contributed by atoms with Gasteiger partial charge in [0.05, 0.1) is 23.0 Å². The molecule has 0 fully saturated rings. The Kier molecular flexibility index (Phi) is 6.26. The monoisotopic (exact) mass is 394 g/mol. The number of alkyl halides is 1. The molecule has 0 aliphatic carbocycles. The molecule has 7 heteroatoms. The van der Waals surface area contributed by atoms with Crippen molar-refractivity contribution in [2.24, 2.45) is 0 Å². The van der Waals surface area contributed by atoms with Gasteiger partial charge in [-0.3, -0.25) is 4.57 Å². The molecular formula is C18H20ClN2O2PS. The molecule has 0 amide bonds. The zero-order valence-electron chi connectivity index (χ0n) is 13.9. The predicted molar refractivity (Wildman–Crippen MR) is 107 cm³/mol. The van der Waals surface area contributed by atoms with Crippen molar-refractivity contribution in [2.75, 3.05) is 19.0 Å². The Hall–Kier alpha value is -1.23. The van der Waals surface area contributed by atoms with Crippen LogP contribution < -0.4 is 5.09 Å². The molecule has 0 bridgehead atoms. The van der Waals surface area contributed by atoms with Crippen LogP contribution in [0.5, 0.6) is 0 Å². The van der Waals surface area contributed by atoms with Crippen LogP contribution in [0.4, 0.5) is 0 Å². The van der Waals surface area contributed by atoms with E-state index in [2.05, 4.69) is 16.1 Å². The molecule has 2 aromatic carbocycles. The molecule has 3 aromatic rings. The van der Waals surface area contributed by atoms with E-state index < -0.39 is 7.52 Å². The van der Waals surface area contributed by atoms with Crippen molar-refractivity contribution in [3.63, 3.8) is 0 Å². The Morgan fingerprint density at radius 3 is 2.64 bits per heavy atom. The molecule has 132 valence electrons. The van der Waals surface area contributed by atoms with Crippen LogP contribution in [0.1, 0.15) is 12.5 Å². The van der Waals surface area contributed by atoms with Crippen LogP contribution in [0.15, 0.2) is 48.5 Å². The van der Waals surface area contributed by atoms with Gasteiger partial charge in [-0.2, -0.15) is 0 Å². The summed E-state index contributed by atoms with van der Waals surface area (Å²) >= 11 is 7.36. The van der Waals surface area contributed by atoms with E-state index in [0.29, 0.717) is 25.2 Å². The van der Waals surface area contributed by atoms with Crippen LogP contribution in [0.3, 0.4) is 0 Å². The Morgan fingerprint density at radius 2 is 1.96 bits per heavy atom. The largest absolute Gasteiger partial charge is 0.318 e. The molecular weight excluding hydrogens is 375 g/mol. The highest BCUT2D eigenvalue weighted by molar-refractivity contribution is 7.56. The van der Waals surface area contributed by atoms with Gasteiger partial charge < -0.3 is 4.52 Å². The highest BCUT2D eigenvalue weighted by Crippen LogP contribution is 2.46. The zero-order valence-corrected chi connectivity index (χ0v) is 16.4. The average molecular weight is 395 g/mol. The topological polar surface area (TPSA) is 51.2 Å². The summed E-state index contributed by atoms with van der Waals surface area (Å²) in [6, 6.07) is 16.1. The fraction of sp³-hybridized carbons (Fsp3) is 0.278. The van der Waals surface area contributed by atoms with Crippen molar-refractivity contribution in [3.8, 4) is 10.6 Å². The molecule has 25 heavy (non-hydrogen) atoms. The van der Waals surface area contributed by atoms with E-state index in [4.69, 9.17) is 16.1 Å². The summed E-state index contributed by atoms with van der Waals surface area (Å²) in [5, 5.41) is 3.94. The van der Waals surface area contributed by atoms with Gasteiger partial charge >= 0.3 is 0 Å². The van der Waals surface area contributed by atoms with Crippen LogP contribution in [-0.2, 0) is 15.3 Å². The van der Waals surface area contributed by atoms with E-state index in [1.54, 1.807) is 11.3 Å². The van der Waals surface area contributed by atoms with Crippen molar-refractivity contribution in [1.29, 1.82) is 0 Å². The van der Waals surface area contributed by atoms with Gasteiger partial charge in [-0.05, 0) is 24.6 Å². The number of para-hydroxylation sites is 1. The number of aromatic nitrogens is 1. The summed E-state index contributed by atoms with van der Waals surface area (Å²) in [4.78, 5) is 4.67. The molecule has 0 saturated heterocycles. The van der Waals surface area contributed by atoms with Gasteiger partial charge in [0.1, 0.15) is 5.01 Å². The first-order valence-electron chi connectivity index (χ1n) is 8.13. The van der Waals surface area contributed by atoms with E-state index >= 15 is 0 Å². The molecule has 1 unspecified atom stereocenters. The van der Waals surface area contributed by atoms with E-state index in [-0.39, 0.29) is 0 Å². The predicted octanol–water partition coefficient (Wildman–Crippen LogP) is 5.52. The summed E-state index contributed by atoms with van der Waals surface area (Å²) in [7, 11) is -2.92. The molecule has 1 N–H and O–H groups in total. The molecule has 1 atom stereocenters. The highest BCUT2D eigenvalue weighted by atomic mass is 35.5. The number of fused-ring (bicyclic) bond motifs is 1. The minimum absolute atomic E-state index is 0.345. The molecule has 1 heterocycles. The quantitative estimate of drug-likeness (QED) is 0.403. The molecule has 3 rings (SSSR count). The average Bonchev–Trinajstić information content (AvgIpc) is 3.05. The fourth-order valence-electron chi connectivity index (χ4n) is 2.56. The lowest BCUT2D eigenvalue weighted by Crippen LogP contribution is -2.16. The Morgan fingerprint density at radius 1 is 1.20 bits per heavy atom. The maximum absolute atomic E-state index is 12.8. The highest BCUT2D eigenvalue weighted by Gasteiger charge is 2.22. The van der Waals surface area contributed by atoms with Crippen molar-refractivity contribution in [2.45, 2.75) is 13.1 Å². The van der Waals surface area contributed by atoms with Gasteiger partial charge in [-0.1, -0.05) is 36.4 Å². The number of hydrogen-bond acceptors (Lipinski definition) is 4. The van der Waals surface area contributed by atoms with Crippen LogP contribution in [0.2, 0.25) is 0 Å². The summed E-state index contributed by atoms with van der Waals surface area (Å²) in [5.41, 5.74) is 3.03. The zero-order chi connectivity index (χ0) is 17.7. The minimum Gasteiger partial charge on any atom is -0.318 e. The fourth-order valence-corrected chi connectivity index (χ4v) is 5.61. The van der Waals surface area contributed by atoms with Gasteiger partial charge in [0.15, 0.2) is 0 Å². The number of nitrogens with one attached hydrogen (secondary N) is 1. The Balaban J connectivity index is 1.78. The summed E-state index contributed by atoms with van der Waals surface area (Å²) in [6.45, 7) is 2.70. The normalized spacial score (nSPS) is 13.8. The van der Waals surface area contributed by atoms with Crippen LogP contribution in [0.25, 0.3) is 20.8 Å².